The first kappa shape index (κ1) is 67.9. The molecule has 488 valence electrons. The van der Waals surface area contributed by atoms with Crippen molar-refractivity contribution in [2.75, 3.05) is 40.4 Å². The van der Waals surface area contributed by atoms with Gasteiger partial charge in [-0.25, -0.2) is 9.59 Å². The minimum atomic E-state index is -0.898. The highest BCUT2D eigenvalue weighted by Crippen LogP contribution is 2.40. The van der Waals surface area contributed by atoms with Gasteiger partial charge in [0.1, 0.15) is 47.5 Å². The fraction of sp³-hybridized carbons (Fsp3) is 0.735. The van der Waals surface area contributed by atoms with E-state index < -0.39 is 77.5 Å². The van der Waals surface area contributed by atoms with Gasteiger partial charge in [-0.3, -0.25) is 38.6 Å². The molecule has 20 nitrogen and oxygen atoms in total. The van der Waals surface area contributed by atoms with Gasteiger partial charge >= 0.3 is 12.2 Å². The van der Waals surface area contributed by atoms with E-state index in [1.807, 2.05) is 24.3 Å². The largest absolute Gasteiger partial charge is 0.444 e. The lowest BCUT2D eigenvalue weighted by molar-refractivity contribution is -0.144. The Bertz CT molecular complexity index is 2660. The Morgan fingerprint density at radius 1 is 0.580 bits per heavy atom. The van der Waals surface area contributed by atoms with E-state index in [0.29, 0.717) is 58.4 Å². The number of amides is 8. The molecule has 2 saturated heterocycles. The topological polar surface area (TPSA) is 235 Å². The SMILES string of the molecule is C[C@@H](C(=O)N[C@H](C(=O)N1CCC[C@H]1C(=O)N[C@H]1c2ccccc2C[C@H]1OCCCCCCO[C@@H]1CC2C=CC=CC2[C@@H]1NC(=O)[C@@H]1CCCN1C(=O)[C@@H](NC(=O)[C@H](C)N(C)C(=O)OC(C)(C)C)C1CCCCC1)C1CCCCC1)N(C)C(=O)OC(C)(C)C. The number of likely N-dealkylation sites (tertiary alicyclic amines) is 2. The molecule has 2 heterocycles. The number of rotatable bonds is 23. The van der Waals surface area contributed by atoms with E-state index in [2.05, 4.69) is 45.6 Å². The zero-order valence-electron chi connectivity index (χ0n) is 54.4. The molecule has 1 aromatic carbocycles. The lowest BCUT2D eigenvalue weighted by Gasteiger charge is -2.36. The Labute approximate surface area is 523 Å². The predicted octanol–water partition coefficient (Wildman–Crippen LogP) is 8.60. The number of likely N-dealkylation sites (N-methyl/N-ethyl adjacent to an activating group) is 2. The van der Waals surface area contributed by atoms with Gasteiger partial charge in [-0.1, -0.05) is 99.9 Å². The number of ether oxygens (including phenoxy) is 4. The van der Waals surface area contributed by atoms with Gasteiger partial charge in [0.15, 0.2) is 0 Å². The van der Waals surface area contributed by atoms with Crippen LogP contribution < -0.4 is 21.3 Å². The summed E-state index contributed by atoms with van der Waals surface area (Å²) in [5.74, 6) is -1.79. The minimum absolute atomic E-state index is 0.0449. The van der Waals surface area contributed by atoms with Crippen LogP contribution in [0.5, 0.6) is 0 Å². The van der Waals surface area contributed by atoms with Gasteiger partial charge in [-0.05, 0) is 155 Å². The number of nitrogens with one attached hydrogen (secondary N) is 4. The van der Waals surface area contributed by atoms with Crippen LogP contribution in [0.25, 0.3) is 0 Å². The summed E-state index contributed by atoms with van der Waals surface area (Å²) in [6.45, 7) is 15.7. The molecule has 3 saturated carbocycles. The maximum absolute atomic E-state index is 14.7. The van der Waals surface area contributed by atoms with Crippen molar-refractivity contribution in [3.8, 4) is 0 Å². The molecule has 88 heavy (non-hydrogen) atoms. The first-order valence-corrected chi connectivity index (χ1v) is 33.3. The van der Waals surface area contributed by atoms with Gasteiger partial charge in [-0.15, -0.1) is 0 Å². The maximum atomic E-state index is 14.7. The molecule has 0 aromatic heterocycles. The van der Waals surface area contributed by atoms with Gasteiger partial charge in [0.2, 0.25) is 35.4 Å². The van der Waals surface area contributed by atoms with Gasteiger partial charge in [-0.2, -0.15) is 0 Å². The van der Waals surface area contributed by atoms with E-state index in [1.54, 1.807) is 65.2 Å². The second-order valence-electron chi connectivity index (χ2n) is 28.1. The Balaban J connectivity index is 0.818. The van der Waals surface area contributed by atoms with E-state index >= 15 is 0 Å². The quantitative estimate of drug-likeness (QED) is 0.0755. The van der Waals surface area contributed by atoms with Crippen LogP contribution in [0.15, 0.2) is 48.6 Å². The highest BCUT2D eigenvalue weighted by Gasteiger charge is 2.48. The van der Waals surface area contributed by atoms with Crippen molar-refractivity contribution in [1.29, 1.82) is 0 Å². The van der Waals surface area contributed by atoms with Gasteiger partial charge in [0.25, 0.3) is 0 Å². The molecule has 2 aliphatic heterocycles. The summed E-state index contributed by atoms with van der Waals surface area (Å²) >= 11 is 0. The van der Waals surface area contributed by atoms with Crippen LogP contribution in [0.3, 0.4) is 0 Å². The number of hydrogen-bond acceptors (Lipinski definition) is 12. The van der Waals surface area contributed by atoms with Crippen molar-refractivity contribution in [3.63, 3.8) is 0 Å². The molecule has 8 amide bonds. The number of carbonyl (C=O) groups is 8. The zero-order valence-corrected chi connectivity index (χ0v) is 54.4. The van der Waals surface area contributed by atoms with Crippen LogP contribution >= 0.6 is 0 Å². The molecule has 8 rings (SSSR count). The van der Waals surface area contributed by atoms with E-state index in [-0.39, 0.29) is 65.6 Å². The monoisotopic (exact) mass is 1220 g/mol. The van der Waals surface area contributed by atoms with E-state index in [0.717, 1.165) is 107 Å². The lowest BCUT2D eigenvalue weighted by atomic mass is 9.83. The Morgan fingerprint density at radius 3 is 1.55 bits per heavy atom. The molecule has 5 aliphatic carbocycles. The predicted molar refractivity (Wildman–Crippen MR) is 334 cm³/mol. The van der Waals surface area contributed by atoms with Crippen LogP contribution in [0.2, 0.25) is 0 Å². The van der Waals surface area contributed by atoms with Crippen LogP contribution in [0.4, 0.5) is 9.59 Å². The van der Waals surface area contributed by atoms with Crippen molar-refractivity contribution in [3.05, 3.63) is 59.7 Å². The number of benzene rings is 1. The van der Waals surface area contributed by atoms with E-state index in [1.165, 1.54) is 23.9 Å². The maximum Gasteiger partial charge on any atom is 0.410 e. The summed E-state index contributed by atoms with van der Waals surface area (Å²) in [7, 11) is 3.04. The normalized spacial score (nSPS) is 26.0. The van der Waals surface area contributed by atoms with Crippen molar-refractivity contribution in [1.82, 2.24) is 40.9 Å². The molecule has 20 heteroatoms. The summed E-state index contributed by atoms with van der Waals surface area (Å²) in [5, 5.41) is 12.8. The summed E-state index contributed by atoms with van der Waals surface area (Å²) < 4.78 is 24.3. The summed E-state index contributed by atoms with van der Waals surface area (Å²) in [4.78, 5) is 118. The molecule has 5 fully saturated rings. The van der Waals surface area contributed by atoms with Crippen LogP contribution in [0, 0.1) is 23.7 Å². The number of unbranched alkanes of at least 4 members (excludes halogenated alkanes) is 3. The smallest absolute Gasteiger partial charge is 0.410 e. The fourth-order valence-corrected chi connectivity index (χ4v) is 14.3. The highest BCUT2D eigenvalue weighted by atomic mass is 16.6. The van der Waals surface area contributed by atoms with E-state index in [9.17, 15) is 38.4 Å². The molecule has 0 spiro atoms. The number of carbonyl (C=O) groups excluding carboxylic acids is 8. The number of fused-ring (bicyclic) bond motifs is 2. The lowest BCUT2D eigenvalue weighted by Crippen LogP contribution is -2.59. The Hall–Kier alpha value is -6.02. The Kier molecular flexibility index (Phi) is 23.7. The highest BCUT2D eigenvalue weighted by molar-refractivity contribution is 5.96. The molecular weight excluding hydrogens is 1120 g/mol. The molecule has 12 atom stereocenters. The molecule has 0 bridgehead atoms. The third-order valence-corrected chi connectivity index (χ3v) is 19.4. The second kappa shape index (κ2) is 30.7. The average Bonchev–Trinajstić information content (AvgIpc) is 2.32. The summed E-state index contributed by atoms with van der Waals surface area (Å²) in [6, 6.07) is 2.54. The van der Waals surface area contributed by atoms with Crippen LogP contribution in [-0.4, -0.2) is 173 Å². The van der Waals surface area contributed by atoms with Crippen molar-refractivity contribution < 1.29 is 57.3 Å². The van der Waals surface area contributed by atoms with Crippen molar-refractivity contribution >= 4 is 47.6 Å². The summed E-state index contributed by atoms with van der Waals surface area (Å²) in [6.07, 6.45) is 22.9. The minimum Gasteiger partial charge on any atom is -0.444 e. The van der Waals surface area contributed by atoms with Crippen molar-refractivity contribution in [2.24, 2.45) is 23.7 Å². The van der Waals surface area contributed by atoms with Crippen molar-refractivity contribution in [2.45, 2.75) is 256 Å². The van der Waals surface area contributed by atoms with Gasteiger partial charge < -0.3 is 50.0 Å². The second-order valence-corrected chi connectivity index (χ2v) is 28.1. The van der Waals surface area contributed by atoms with Crippen LogP contribution in [0.1, 0.15) is 195 Å². The fourth-order valence-electron chi connectivity index (χ4n) is 14.3. The number of allylic oxidation sites excluding steroid dienone is 3. The third-order valence-electron chi connectivity index (χ3n) is 19.4. The molecule has 1 aromatic rings. The molecule has 4 N–H and O–H groups in total. The van der Waals surface area contributed by atoms with Gasteiger partial charge in [0, 0.05) is 52.7 Å². The number of hydrogen-bond donors (Lipinski definition) is 4. The third kappa shape index (κ3) is 17.5. The van der Waals surface area contributed by atoms with E-state index in [4.69, 9.17) is 18.9 Å². The summed E-state index contributed by atoms with van der Waals surface area (Å²) in [5.41, 5.74) is 0.636. The first-order chi connectivity index (χ1) is 41.9. The Morgan fingerprint density at radius 2 is 1.05 bits per heavy atom. The average molecular weight is 1230 g/mol. The molecular formula is C68H104N8O12. The molecule has 2 unspecified atom stereocenters. The first-order valence-electron chi connectivity index (χ1n) is 33.3. The van der Waals surface area contributed by atoms with Crippen LogP contribution in [-0.2, 0) is 54.1 Å². The molecule has 7 aliphatic rings. The number of nitrogens with zero attached hydrogens (tertiary/aromatic N) is 4. The molecule has 0 radical (unpaired) electrons. The zero-order chi connectivity index (χ0) is 63.5. The standard InChI is InChI=1S/C68H104N8O12/c1-43(73(9)65(83)87-67(3,4)5)59(77)69-55(45-27-15-13-16-28-45)63(81)75-37-25-35-51(75)61(79)71-57-49-33-21-19-31-47(49)41-53(57)85-39-23-11-12-24-40-86-54-42-48-32-20-22-34-50(48)58(54)72-62(80)52-36-26-38-76(52)64(82)56(46-29-17-14-18-30-46)70-60(78)44(2)74(10)66(84)88-68(6,7)8/h19-22,31-34,43-47,49,51-58H,11-18,23-30,35-42H2,1-10H3,(H,69,77)(H,70,78)(H,71,79)(H,72,80)/t43-,44-,47?,49?,51-,52-,53+,54+,55-,56-,57-,58-/m0/s1. The van der Waals surface area contributed by atoms with Gasteiger partial charge in [0.05, 0.1) is 24.3 Å².